The molecule has 1 aliphatic rings. The fourth-order valence-electron chi connectivity index (χ4n) is 3.80. The van der Waals surface area contributed by atoms with Crippen LogP contribution in [0.25, 0.3) is 0 Å². The standard InChI is InChI=1S/C19H31ClN2O/c1-3-8-19(23,9-4-2)18(15-22-12-10-21-11-13-22)16-6-5-7-17(20)14-16/h5-7,14,18,21,23H,3-4,8-13,15H2,1-2H3/t18-/m0/s1. The van der Waals surface area contributed by atoms with Gasteiger partial charge in [-0.05, 0) is 30.5 Å². The molecule has 2 N–H and O–H groups in total. The lowest BCUT2D eigenvalue weighted by atomic mass is 9.76. The summed E-state index contributed by atoms with van der Waals surface area (Å²) in [6, 6.07) is 8.06. The number of aliphatic hydroxyl groups is 1. The normalized spacial score (nSPS) is 18.1. The number of hydrogen-bond donors (Lipinski definition) is 2. The Bertz CT molecular complexity index is 468. The summed E-state index contributed by atoms with van der Waals surface area (Å²) in [7, 11) is 0. The van der Waals surface area contributed by atoms with Crippen molar-refractivity contribution in [1.29, 1.82) is 0 Å². The van der Waals surface area contributed by atoms with Gasteiger partial charge in [0.05, 0.1) is 5.60 Å². The van der Waals surface area contributed by atoms with Crippen molar-refractivity contribution < 1.29 is 5.11 Å². The Kier molecular flexibility index (Phi) is 7.35. The number of benzene rings is 1. The number of nitrogens with one attached hydrogen (secondary N) is 1. The maximum Gasteiger partial charge on any atom is 0.0728 e. The lowest BCUT2D eigenvalue weighted by Gasteiger charge is -2.40. The Hall–Kier alpha value is -0.610. The van der Waals surface area contributed by atoms with E-state index < -0.39 is 5.60 Å². The number of hydrogen-bond acceptors (Lipinski definition) is 3. The molecule has 1 heterocycles. The molecule has 4 heteroatoms. The van der Waals surface area contributed by atoms with E-state index in [1.807, 2.05) is 18.2 Å². The topological polar surface area (TPSA) is 35.5 Å². The number of halogens is 1. The van der Waals surface area contributed by atoms with E-state index in [1.165, 1.54) is 5.56 Å². The van der Waals surface area contributed by atoms with Crippen LogP contribution in [0.5, 0.6) is 0 Å². The summed E-state index contributed by atoms with van der Waals surface area (Å²) in [5, 5.41) is 15.6. The number of nitrogens with zero attached hydrogens (tertiary/aromatic N) is 1. The summed E-state index contributed by atoms with van der Waals surface area (Å²) in [5.41, 5.74) is 0.513. The van der Waals surface area contributed by atoms with Crippen LogP contribution in [0.3, 0.4) is 0 Å². The van der Waals surface area contributed by atoms with Crippen LogP contribution >= 0.6 is 11.6 Å². The molecule has 3 nitrogen and oxygen atoms in total. The highest BCUT2D eigenvalue weighted by Gasteiger charge is 2.37. The first-order chi connectivity index (χ1) is 11.1. The zero-order valence-electron chi connectivity index (χ0n) is 14.5. The fourth-order valence-corrected chi connectivity index (χ4v) is 4.00. The molecule has 1 atom stereocenters. The van der Waals surface area contributed by atoms with Crippen LogP contribution in [-0.4, -0.2) is 48.3 Å². The molecule has 0 amide bonds. The second kappa shape index (κ2) is 9.03. The summed E-state index contributed by atoms with van der Waals surface area (Å²) in [6.07, 6.45) is 3.67. The van der Waals surface area contributed by atoms with Gasteiger partial charge in [0.1, 0.15) is 0 Å². The third kappa shape index (κ3) is 5.18. The first-order valence-corrected chi connectivity index (χ1v) is 9.37. The van der Waals surface area contributed by atoms with E-state index in [0.717, 1.165) is 63.4 Å². The largest absolute Gasteiger partial charge is 0.389 e. The predicted octanol–water partition coefficient (Wildman–Crippen LogP) is 3.66. The first-order valence-electron chi connectivity index (χ1n) is 9.00. The summed E-state index contributed by atoms with van der Waals surface area (Å²) >= 11 is 6.23. The van der Waals surface area contributed by atoms with E-state index in [1.54, 1.807) is 0 Å². The lowest BCUT2D eigenvalue weighted by molar-refractivity contribution is -0.0174. The van der Waals surface area contributed by atoms with Crippen LogP contribution in [0.1, 0.15) is 51.0 Å². The van der Waals surface area contributed by atoms with Gasteiger partial charge >= 0.3 is 0 Å². The molecule has 1 aromatic rings. The van der Waals surface area contributed by atoms with Crippen molar-refractivity contribution in [2.75, 3.05) is 32.7 Å². The molecule has 1 aromatic carbocycles. The summed E-state index contributed by atoms with van der Waals surface area (Å²) in [6.45, 7) is 9.36. The molecule has 23 heavy (non-hydrogen) atoms. The van der Waals surface area contributed by atoms with Crippen LogP contribution in [0.15, 0.2) is 24.3 Å². The smallest absolute Gasteiger partial charge is 0.0728 e. The molecule has 130 valence electrons. The van der Waals surface area contributed by atoms with Gasteiger partial charge in [0.2, 0.25) is 0 Å². The van der Waals surface area contributed by atoms with Gasteiger partial charge in [0.25, 0.3) is 0 Å². The Labute approximate surface area is 146 Å². The molecule has 0 spiro atoms. The zero-order valence-corrected chi connectivity index (χ0v) is 15.3. The molecule has 2 rings (SSSR count). The van der Waals surface area contributed by atoms with Crippen molar-refractivity contribution in [1.82, 2.24) is 10.2 Å². The van der Waals surface area contributed by atoms with Crippen molar-refractivity contribution in [2.24, 2.45) is 0 Å². The molecule has 0 aromatic heterocycles. The molecule has 0 radical (unpaired) electrons. The van der Waals surface area contributed by atoms with Gasteiger partial charge in [-0.15, -0.1) is 0 Å². The van der Waals surface area contributed by atoms with Gasteiger partial charge < -0.3 is 15.3 Å². The Morgan fingerprint density at radius 1 is 1.22 bits per heavy atom. The van der Waals surface area contributed by atoms with Crippen molar-refractivity contribution >= 4 is 11.6 Å². The molecule has 1 fully saturated rings. The molecule has 0 saturated carbocycles. The van der Waals surface area contributed by atoms with Gasteiger partial charge in [-0.3, -0.25) is 0 Å². The van der Waals surface area contributed by atoms with Gasteiger partial charge in [-0.25, -0.2) is 0 Å². The highest BCUT2D eigenvalue weighted by Crippen LogP contribution is 2.37. The van der Waals surface area contributed by atoms with Gasteiger partial charge in [0.15, 0.2) is 0 Å². The van der Waals surface area contributed by atoms with E-state index in [4.69, 9.17) is 11.6 Å². The zero-order chi connectivity index (χ0) is 16.7. The second-order valence-corrected chi connectivity index (χ2v) is 7.20. The molecule has 0 unspecified atom stereocenters. The highest BCUT2D eigenvalue weighted by molar-refractivity contribution is 6.30. The van der Waals surface area contributed by atoms with E-state index in [9.17, 15) is 5.11 Å². The third-order valence-corrected chi connectivity index (χ3v) is 5.15. The Morgan fingerprint density at radius 3 is 2.43 bits per heavy atom. The third-order valence-electron chi connectivity index (χ3n) is 4.92. The average Bonchev–Trinajstić information content (AvgIpc) is 2.54. The monoisotopic (exact) mass is 338 g/mol. The van der Waals surface area contributed by atoms with Gasteiger partial charge in [-0.2, -0.15) is 0 Å². The number of piperazine rings is 1. The first kappa shape index (κ1) is 18.7. The van der Waals surface area contributed by atoms with Crippen LogP contribution in [-0.2, 0) is 0 Å². The Morgan fingerprint density at radius 2 is 1.87 bits per heavy atom. The summed E-state index contributed by atoms with van der Waals surface area (Å²) in [5.74, 6) is 0.110. The molecule has 0 bridgehead atoms. The minimum Gasteiger partial charge on any atom is -0.389 e. The van der Waals surface area contributed by atoms with E-state index >= 15 is 0 Å². The van der Waals surface area contributed by atoms with E-state index in [-0.39, 0.29) is 5.92 Å². The van der Waals surface area contributed by atoms with Crippen molar-refractivity contribution in [3.05, 3.63) is 34.9 Å². The van der Waals surface area contributed by atoms with Crippen molar-refractivity contribution in [3.63, 3.8) is 0 Å². The molecular weight excluding hydrogens is 308 g/mol. The molecule has 1 aliphatic heterocycles. The molecule has 0 aliphatic carbocycles. The maximum absolute atomic E-state index is 11.5. The van der Waals surface area contributed by atoms with Crippen LogP contribution in [0, 0.1) is 0 Å². The minimum atomic E-state index is -0.654. The highest BCUT2D eigenvalue weighted by atomic mass is 35.5. The fraction of sp³-hybridized carbons (Fsp3) is 0.684. The van der Waals surface area contributed by atoms with Gasteiger partial charge in [0, 0.05) is 43.7 Å². The lowest BCUT2D eigenvalue weighted by Crippen LogP contribution is -2.49. The maximum atomic E-state index is 11.5. The van der Waals surface area contributed by atoms with Crippen LogP contribution in [0.4, 0.5) is 0 Å². The minimum absolute atomic E-state index is 0.110. The SMILES string of the molecule is CCCC(O)(CCC)[C@@H](CN1CCNCC1)c1cccc(Cl)c1. The van der Waals surface area contributed by atoms with Gasteiger partial charge in [-0.1, -0.05) is 50.4 Å². The second-order valence-electron chi connectivity index (χ2n) is 6.76. The summed E-state index contributed by atoms with van der Waals surface area (Å²) in [4.78, 5) is 2.47. The van der Waals surface area contributed by atoms with Crippen LogP contribution < -0.4 is 5.32 Å². The quantitative estimate of drug-likeness (QED) is 0.759. The van der Waals surface area contributed by atoms with Crippen LogP contribution in [0.2, 0.25) is 5.02 Å². The van der Waals surface area contributed by atoms with E-state index in [0.29, 0.717) is 0 Å². The van der Waals surface area contributed by atoms with Crippen molar-refractivity contribution in [2.45, 2.75) is 51.0 Å². The molecule has 1 saturated heterocycles. The summed E-state index contributed by atoms with van der Waals surface area (Å²) < 4.78 is 0. The van der Waals surface area contributed by atoms with E-state index in [2.05, 4.69) is 30.1 Å². The average molecular weight is 339 g/mol. The number of rotatable bonds is 8. The predicted molar refractivity (Wildman–Crippen MR) is 98.3 cm³/mol. The molecular formula is C19H31ClN2O. The van der Waals surface area contributed by atoms with Crippen molar-refractivity contribution in [3.8, 4) is 0 Å². The Balaban J connectivity index is 2.28.